The molecule has 0 radical (unpaired) electrons. The Hall–Kier alpha value is -2.66. The fourth-order valence-electron chi connectivity index (χ4n) is 5.99. The molecule has 246 valence electrons. The van der Waals surface area contributed by atoms with Crippen molar-refractivity contribution in [3.05, 3.63) is 29.3 Å². The minimum Gasteiger partial charge on any atom is -0.386 e. The molecule has 0 saturated carbocycles. The van der Waals surface area contributed by atoms with E-state index in [0.717, 1.165) is 0 Å². The summed E-state index contributed by atoms with van der Waals surface area (Å²) in [6.45, 7) is -9.73. The van der Waals surface area contributed by atoms with Crippen molar-refractivity contribution < 1.29 is 46.5 Å². The van der Waals surface area contributed by atoms with Gasteiger partial charge in [0, 0.05) is 0 Å². The highest BCUT2D eigenvalue weighted by Crippen LogP contribution is 2.63. The molecule has 4 aliphatic heterocycles. The van der Waals surface area contributed by atoms with Crippen LogP contribution in [0.4, 0.5) is 11.8 Å². The molecule has 4 saturated heterocycles. The molecule has 0 unspecified atom stereocenters. The molecule has 0 spiro atoms. The Morgan fingerprint density at radius 2 is 1.70 bits per heavy atom. The number of ether oxygens (including phenoxy) is 3. The quantitative estimate of drug-likeness (QED) is 0.117. The molecule has 0 amide bonds. The monoisotopic (exact) mass is 718 g/mol. The molecule has 8 heterocycles. The third-order valence-electron chi connectivity index (χ3n) is 8.04. The van der Waals surface area contributed by atoms with Crippen molar-refractivity contribution in [1.82, 2.24) is 39.0 Å². The first-order chi connectivity index (χ1) is 21.8. The summed E-state index contributed by atoms with van der Waals surface area (Å²) >= 11 is 8.33. The van der Waals surface area contributed by atoms with Gasteiger partial charge in [0.05, 0.1) is 32.5 Å². The number of nitrogens with zero attached hydrogens (tertiary/aromatic N) is 7. The number of aliphatic hydroxyl groups excluding tert-OH is 1. The SMILES string of the molecule is Nc1nc2c(ncn2[C@@H]2O[C@@]34CO[C@@H]2[C@@H]3O[P@@](=O)(S)OC[C@H]2O[C@@H](n3cnc5c(N)ncnc53)[C@H](O)[C@@H]2O[P@@](=O)(S)OC4)c(=O)[nH]1. The Bertz CT molecular complexity index is 2030. The summed E-state index contributed by atoms with van der Waals surface area (Å²) in [5.41, 5.74) is 10.1. The lowest BCUT2D eigenvalue weighted by atomic mass is 10.0. The highest BCUT2D eigenvalue weighted by Gasteiger charge is 2.66. The van der Waals surface area contributed by atoms with Crippen LogP contribution in [-0.2, 0) is 41.4 Å². The highest BCUT2D eigenvalue weighted by molar-refractivity contribution is 8.44. The Balaban J connectivity index is 1.11. The van der Waals surface area contributed by atoms with Crippen LogP contribution in [0.1, 0.15) is 12.5 Å². The van der Waals surface area contributed by atoms with Gasteiger partial charge in [-0.2, -0.15) is 4.98 Å². The molecule has 10 atom stereocenters. The maximum atomic E-state index is 13.6. The number of H-pyrrole nitrogens is 1. The minimum absolute atomic E-state index is 0.0197. The van der Waals surface area contributed by atoms with Crippen LogP contribution in [0.2, 0.25) is 0 Å². The van der Waals surface area contributed by atoms with Crippen molar-refractivity contribution in [3.63, 3.8) is 0 Å². The van der Waals surface area contributed by atoms with Crippen molar-refractivity contribution in [2.45, 2.75) is 48.6 Å². The zero-order chi connectivity index (χ0) is 32.2. The molecule has 21 nitrogen and oxygen atoms in total. The van der Waals surface area contributed by atoms with Gasteiger partial charge in [-0.25, -0.2) is 29.1 Å². The molecular weight excluding hydrogens is 694 g/mol. The summed E-state index contributed by atoms with van der Waals surface area (Å²) in [5, 5.41) is 11.3. The lowest BCUT2D eigenvalue weighted by Gasteiger charge is -2.33. The fraction of sp³-hybridized carbons (Fsp3) is 0.524. The molecule has 2 bridgehead atoms. The number of nitrogens with two attached hydrogens (primary N) is 2. The van der Waals surface area contributed by atoms with Crippen LogP contribution in [0, 0.1) is 0 Å². The standard InChI is InChI=1S/C21H24N10O11P2S2/c22-14-8-15(25-4-24-14)30(5-26-8)18-10(32)11-7(39-18)1-37-43(34,45)42-13-12-19(31-6-27-9-16(31)28-20(23)29-17(9)33)40-21(13,2-36-12)3-38-44(35,46)41-11/h4-7,10-13,18-19,32H,1-3H2,(H,34,45)(H,35,46)(H2,22,24,25)(H3,23,28,29,33)/t7-,10-,11-,12-,13+,18-,19-,21-,43+,44+/m1/s1. The van der Waals surface area contributed by atoms with Crippen molar-refractivity contribution in [2.24, 2.45) is 0 Å². The normalized spacial score (nSPS) is 39.7. The first-order valence-electron chi connectivity index (χ1n) is 13.4. The predicted molar refractivity (Wildman–Crippen MR) is 160 cm³/mol. The van der Waals surface area contributed by atoms with Gasteiger partial charge in [-0.15, -0.1) is 0 Å². The van der Waals surface area contributed by atoms with E-state index in [1.807, 2.05) is 0 Å². The van der Waals surface area contributed by atoms with Gasteiger partial charge in [0.25, 0.3) is 5.56 Å². The third-order valence-corrected chi connectivity index (χ3v) is 11.2. The lowest BCUT2D eigenvalue weighted by molar-refractivity contribution is -0.183. The second-order valence-corrected chi connectivity index (χ2v) is 16.6. The van der Waals surface area contributed by atoms with E-state index in [9.17, 15) is 19.0 Å². The van der Waals surface area contributed by atoms with Crippen LogP contribution in [0.15, 0.2) is 23.8 Å². The summed E-state index contributed by atoms with van der Waals surface area (Å²) in [6.07, 6.45) is -4.64. The number of anilines is 2. The van der Waals surface area contributed by atoms with E-state index in [2.05, 4.69) is 54.4 Å². The van der Waals surface area contributed by atoms with Gasteiger partial charge >= 0.3 is 13.6 Å². The van der Waals surface area contributed by atoms with Gasteiger partial charge in [0.15, 0.2) is 35.1 Å². The zero-order valence-corrected chi connectivity index (χ0v) is 26.6. The zero-order valence-electron chi connectivity index (χ0n) is 23.0. The Kier molecular flexibility index (Phi) is 7.11. The molecule has 46 heavy (non-hydrogen) atoms. The number of aliphatic hydroxyl groups is 1. The number of hydrogen-bond donors (Lipinski definition) is 6. The minimum atomic E-state index is -4.30. The van der Waals surface area contributed by atoms with E-state index in [4.69, 9.17) is 43.8 Å². The van der Waals surface area contributed by atoms with E-state index in [1.165, 1.54) is 28.1 Å². The lowest BCUT2D eigenvalue weighted by Crippen LogP contribution is -2.46. The molecule has 4 aromatic rings. The summed E-state index contributed by atoms with van der Waals surface area (Å²) < 4.78 is 71.3. The molecule has 4 aliphatic rings. The van der Waals surface area contributed by atoms with Gasteiger partial charge < -0.3 is 30.8 Å². The molecule has 6 N–H and O–H groups in total. The van der Waals surface area contributed by atoms with Crippen molar-refractivity contribution in [1.29, 1.82) is 0 Å². The highest BCUT2D eigenvalue weighted by atomic mass is 32.7. The largest absolute Gasteiger partial charge is 0.386 e. The second kappa shape index (κ2) is 10.7. The predicted octanol–water partition coefficient (Wildman–Crippen LogP) is -0.0584. The number of nitrogens with one attached hydrogen (secondary N) is 1. The molecule has 25 heteroatoms. The van der Waals surface area contributed by atoms with Crippen LogP contribution in [-0.4, -0.2) is 100 Å². The van der Waals surface area contributed by atoms with Crippen LogP contribution in [0.25, 0.3) is 22.3 Å². The number of nitrogen functional groups attached to an aromatic ring is 2. The summed E-state index contributed by atoms with van der Waals surface area (Å²) in [4.78, 5) is 35.2. The van der Waals surface area contributed by atoms with Crippen molar-refractivity contribution in [3.8, 4) is 0 Å². The van der Waals surface area contributed by atoms with Gasteiger partial charge in [-0.3, -0.25) is 37.0 Å². The maximum absolute atomic E-state index is 13.6. The second-order valence-electron chi connectivity index (χ2n) is 10.9. The number of fused-ring (bicyclic) bond motifs is 3. The molecule has 0 aromatic carbocycles. The van der Waals surface area contributed by atoms with Gasteiger partial charge in [-0.05, 0) is 0 Å². The molecule has 0 aliphatic carbocycles. The first kappa shape index (κ1) is 30.7. The van der Waals surface area contributed by atoms with E-state index < -0.39 is 80.9 Å². The number of aromatic nitrogens is 8. The number of imidazole rings is 2. The van der Waals surface area contributed by atoms with Gasteiger partial charge in [0.1, 0.15) is 48.0 Å². The third kappa shape index (κ3) is 4.89. The Morgan fingerprint density at radius 1 is 0.957 bits per heavy atom. The van der Waals surface area contributed by atoms with E-state index >= 15 is 0 Å². The average molecular weight is 719 g/mol. The van der Waals surface area contributed by atoms with Crippen LogP contribution >= 0.6 is 38.1 Å². The molecule has 8 rings (SSSR count). The summed E-state index contributed by atoms with van der Waals surface area (Å²) in [5.74, 6) is -0.0588. The number of hydrogen-bond acceptors (Lipinski definition) is 18. The van der Waals surface area contributed by atoms with Crippen LogP contribution in [0.3, 0.4) is 0 Å². The molecular formula is C21H24N10O11P2S2. The average Bonchev–Trinajstić information content (AvgIpc) is 3.80. The van der Waals surface area contributed by atoms with Crippen molar-refractivity contribution >= 4 is 72.2 Å². The number of thiol groups is 2. The van der Waals surface area contributed by atoms with Crippen molar-refractivity contribution in [2.75, 3.05) is 31.3 Å². The molecule has 4 fully saturated rings. The first-order valence-corrected chi connectivity index (χ1v) is 18.8. The number of rotatable bonds is 2. The summed E-state index contributed by atoms with van der Waals surface area (Å²) in [7, 11) is 0. The van der Waals surface area contributed by atoms with Crippen LogP contribution in [0.5, 0.6) is 0 Å². The van der Waals surface area contributed by atoms with Crippen LogP contribution < -0.4 is 17.0 Å². The summed E-state index contributed by atoms with van der Waals surface area (Å²) in [6, 6.07) is 0. The number of aromatic amines is 1. The van der Waals surface area contributed by atoms with Gasteiger partial charge in [0.2, 0.25) is 5.95 Å². The molecule has 4 aromatic heterocycles. The van der Waals surface area contributed by atoms with E-state index in [-0.39, 0.29) is 40.7 Å². The van der Waals surface area contributed by atoms with E-state index in [1.54, 1.807) is 0 Å². The smallest absolute Gasteiger partial charge is 0.386 e. The fourth-order valence-corrected chi connectivity index (χ4v) is 9.00. The topological polar surface area (TPSA) is 278 Å². The maximum Gasteiger partial charge on any atom is 0.386 e. The Morgan fingerprint density at radius 3 is 2.50 bits per heavy atom. The van der Waals surface area contributed by atoms with Gasteiger partial charge in [-0.1, -0.05) is 24.5 Å². The Labute approximate surface area is 266 Å². The van der Waals surface area contributed by atoms with E-state index in [0.29, 0.717) is 0 Å².